The zero-order valence-corrected chi connectivity index (χ0v) is 11.8. The van der Waals surface area contributed by atoms with Gasteiger partial charge in [-0.15, -0.1) is 0 Å². The standard InChI is InChI=1S/C14H20N4O3/c19-13(10-6-9-11(7-15-10)17-8-16-9)18-5-3-1-2-4-12(18)14(20)21/h8,10,12,15H,1-7H2,(H,16,17)(H,20,21). The summed E-state index contributed by atoms with van der Waals surface area (Å²) in [7, 11) is 0. The lowest BCUT2D eigenvalue weighted by molar-refractivity contribution is -0.151. The van der Waals surface area contributed by atoms with Crippen LogP contribution in [0.25, 0.3) is 0 Å². The number of carboxylic acids is 1. The van der Waals surface area contributed by atoms with Gasteiger partial charge >= 0.3 is 5.97 Å². The number of rotatable bonds is 2. The Labute approximate surface area is 122 Å². The van der Waals surface area contributed by atoms with Crippen molar-refractivity contribution in [3.8, 4) is 0 Å². The third-order valence-corrected chi connectivity index (χ3v) is 4.35. The van der Waals surface area contributed by atoms with Crippen molar-refractivity contribution in [2.45, 2.75) is 50.7 Å². The molecular weight excluding hydrogens is 272 g/mol. The topological polar surface area (TPSA) is 98.3 Å². The summed E-state index contributed by atoms with van der Waals surface area (Å²) in [5, 5.41) is 12.6. The molecule has 1 saturated heterocycles. The minimum absolute atomic E-state index is 0.113. The lowest BCUT2D eigenvalue weighted by Crippen LogP contribution is -2.54. The molecule has 21 heavy (non-hydrogen) atoms. The van der Waals surface area contributed by atoms with Crippen molar-refractivity contribution in [2.75, 3.05) is 6.54 Å². The van der Waals surface area contributed by atoms with Crippen molar-refractivity contribution in [3.05, 3.63) is 17.7 Å². The molecule has 0 spiro atoms. The van der Waals surface area contributed by atoms with Gasteiger partial charge in [-0.25, -0.2) is 9.78 Å². The van der Waals surface area contributed by atoms with Crippen LogP contribution in [-0.2, 0) is 22.6 Å². The number of aromatic amines is 1. The Morgan fingerprint density at radius 2 is 2.19 bits per heavy atom. The maximum Gasteiger partial charge on any atom is 0.326 e. The Hall–Kier alpha value is -1.89. The lowest BCUT2D eigenvalue weighted by Gasteiger charge is -2.32. The summed E-state index contributed by atoms with van der Waals surface area (Å²) in [6.07, 6.45) is 5.40. The van der Waals surface area contributed by atoms with Crippen LogP contribution in [0.3, 0.4) is 0 Å². The molecule has 7 nitrogen and oxygen atoms in total. The van der Waals surface area contributed by atoms with Crippen LogP contribution in [0.4, 0.5) is 0 Å². The van der Waals surface area contributed by atoms with Crippen LogP contribution in [-0.4, -0.2) is 50.5 Å². The fourth-order valence-corrected chi connectivity index (χ4v) is 3.17. The van der Waals surface area contributed by atoms with Crippen LogP contribution in [0.5, 0.6) is 0 Å². The first-order valence-electron chi connectivity index (χ1n) is 7.44. The number of H-pyrrole nitrogens is 1. The summed E-state index contributed by atoms with van der Waals surface area (Å²) in [5.41, 5.74) is 1.90. The van der Waals surface area contributed by atoms with E-state index in [1.165, 1.54) is 0 Å². The summed E-state index contributed by atoms with van der Waals surface area (Å²) in [6.45, 7) is 1.10. The fourth-order valence-electron chi connectivity index (χ4n) is 3.17. The van der Waals surface area contributed by atoms with Crippen LogP contribution in [0.1, 0.15) is 37.1 Å². The number of imidazole rings is 1. The maximum atomic E-state index is 12.7. The van der Waals surface area contributed by atoms with Crippen LogP contribution >= 0.6 is 0 Å². The van der Waals surface area contributed by atoms with E-state index in [4.69, 9.17) is 0 Å². The van der Waals surface area contributed by atoms with Crippen molar-refractivity contribution < 1.29 is 14.7 Å². The van der Waals surface area contributed by atoms with Crippen molar-refractivity contribution in [3.63, 3.8) is 0 Å². The highest BCUT2D eigenvalue weighted by atomic mass is 16.4. The van der Waals surface area contributed by atoms with E-state index in [-0.39, 0.29) is 11.9 Å². The number of amides is 1. The third kappa shape index (κ3) is 2.78. The molecule has 1 fully saturated rings. The molecule has 0 aromatic carbocycles. The number of likely N-dealkylation sites (tertiary alicyclic amines) is 1. The molecule has 114 valence electrons. The summed E-state index contributed by atoms with van der Waals surface area (Å²) in [5.74, 6) is -1.01. The molecule has 0 radical (unpaired) electrons. The zero-order chi connectivity index (χ0) is 14.8. The van der Waals surface area contributed by atoms with Gasteiger partial charge in [-0.2, -0.15) is 0 Å². The van der Waals surface area contributed by atoms with E-state index in [0.717, 1.165) is 30.7 Å². The second-order valence-electron chi connectivity index (χ2n) is 5.70. The van der Waals surface area contributed by atoms with Crippen LogP contribution < -0.4 is 5.32 Å². The highest BCUT2D eigenvalue weighted by molar-refractivity contribution is 5.87. The van der Waals surface area contributed by atoms with Gasteiger partial charge in [0.25, 0.3) is 0 Å². The van der Waals surface area contributed by atoms with E-state index in [1.54, 1.807) is 11.2 Å². The Bertz CT molecular complexity index is 542. The van der Waals surface area contributed by atoms with E-state index >= 15 is 0 Å². The molecule has 3 N–H and O–H groups in total. The molecule has 1 aromatic heterocycles. The van der Waals surface area contributed by atoms with E-state index in [9.17, 15) is 14.7 Å². The van der Waals surface area contributed by atoms with E-state index in [0.29, 0.717) is 25.9 Å². The largest absolute Gasteiger partial charge is 0.480 e. The Balaban J connectivity index is 1.75. The Kier molecular flexibility index (Phi) is 3.92. The van der Waals surface area contributed by atoms with Gasteiger partial charge in [0.05, 0.1) is 23.8 Å². The molecule has 1 amide bonds. The quantitative estimate of drug-likeness (QED) is 0.727. The Morgan fingerprint density at radius 1 is 1.33 bits per heavy atom. The zero-order valence-electron chi connectivity index (χ0n) is 11.8. The first-order valence-corrected chi connectivity index (χ1v) is 7.44. The number of hydrogen-bond donors (Lipinski definition) is 3. The van der Waals surface area contributed by atoms with Crippen molar-refractivity contribution in [2.24, 2.45) is 0 Å². The van der Waals surface area contributed by atoms with Gasteiger partial charge in [0.2, 0.25) is 5.91 Å². The van der Waals surface area contributed by atoms with Crippen LogP contribution in [0.15, 0.2) is 6.33 Å². The molecule has 2 aliphatic heterocycles. The molecule has 7 heteroatoms. The molecule has 3 heterocycles. The van der Waals surface area contributed by atoms with Gasteiger partial charge in [0, 0.05) is 19.5 Å². The number of aliphatic carboxylic acids is 1. The average Bonchev–Trinajstić information content (AvgIpc) is 2.80. The Morgan fingerprint density at radius 3 is 3.00 bits per heavy atom. The first-order chi connectivity index (χ1) is 10.2. The smallest absolute Gasteiger partial charge is 0.326 e. The molecule has 0 aliphatic carbocycles. The molecule has 2 atom stereocenters. The monoisotopic (exact) mass is 292 g/mol. The maximum absolute atomic E-state index is 12.7. The van der Waals surface area contributed by atoms with Crippen LogP contribution in [0, 0.1) is 0 Å². The van der Waals surface area contributed by atoms with Gasteiger partial charge in [0.1, 0.15) is 6.04 Å². The molecule has 2 unspecified atom stereocenters. The van der Waals surface area contributed by atoms with E-state index < -0.39 is 12.0 Å². The summed E-state index contributed by atoms with van der Waals surface area (Å²) < 4.78 is 0. The van der Waals surface area contributed by atoms with E-state index in [1.807, 2.05) is 0 Å². The van der Waals surface area contributed by atoms with Gasteiger partial charge in [-0.1, -0.05) is 12.8 Å². The molecule has 2 aliphatic rings. The third-order valence-electron chi connectivity index (χ3n) is 4.35. The average molecular weight is 292 g/mol. The fraction of sp³-hybridized carbons (Fsp3) is 0.643. The van der Waals surface area contributed by atoms with Gasteiger partial charge in [-0.05, 0) is 12.8 Å². The number of nitrogens with zero attached hydrogens (tertiary/aromatic N) is 2. The molecular formula is C14H20N4O3. The number of aromatic nitrogens is 2. The number of fused-ring (bicyclic) bond motifs is 1. The first kappa shape index (κ1) is 14.1. The highest BCUT2D eigenvalue weighted by Crippen LogP contribution is 2.20. The predicted molar refractivity (Wildman–Crippen MR) is 74.5 cm³/mol. The highest BCUT2D eigenvalue weighted by Gasteiger charge is 2.36. The minimum Gasteiger partial charge on any atom is -0.480 e. The molecule has 0 saturated carbocycles. The second kappa shape index (κ2) is 5.85. The number of carbonyl (C=O) groups excluding carboxylic acids is 1. The van der Waals surface area contributed by atoms with Gasteiger partial charge < -0.3 is 15.0 Å². The van der Waals surface area contributed by atoms with Gasteiger partial charge in [0.15, 0.2) is 0 Å². The second-order valence-corrected chi connectivity index (χ2v) is 5.70. The van der Waals surface area contributed by atoms with Crippen molar-refractivity contribution in [1.82, 2.24) is 20.2 Å². The molecule has 0 bridgehead atoms. The number of hydrogen-bond acceptors (Lipinski definition) is 4. The summed E-state index contributed by atoms with van der Waals surface area (Å²) in [4.78, 5) is 33.0. The summed E-state index contributed by atoms with van der Waals surface area (Å²) in [6, 6.07) is -1.07. The van der Waals surface area contributed by atoms with Crippen molar-refractivity contribution >= 4 is 11.9 Å². The normalized spacial score (nSPS) is 26.0. The SMILES string of the molecule is O=C(O)C1CCCCCN1C(=O)C1Cc2nc[nH]c2CN1. The van der Waals surface area contributed by atoms with Gasteiger partial charge in [-0.3, -0.25) is 10.1 Å². The minimum atomic E-state index is -0.901. The van der Waals surface area contributed by atoms with Crippen LogP contribution in [0.2, 0.25) is 0 Å². The number of nitrogens with one attached hydrogen (secondary N) is 2. The predicted octanol–water partition coefficient (Wildman–Crippen LogP) is 0.280. The number of carboxylic acid groups (broad SMARTS) is 1. The lowest BCUT2D eigenvalue weighted by atomic mass is 10.0. The van der Waals surface area contributed by atoms with E-state index in [2.05, 4.69) is 15.3 Å². The number of carbonyl (C=O) groups is 2. The summed E-state index contributed by atoms with van der Waals surface area (Å²) >= 11 is 0. The van der Waals surface area contributed by atoms with Crippen molar-refractivity contribution in [1.29, 1.82) is 0 Å². The molecule has 1 aromatic rings. The molecule has 3 rings (SSSR count).